The molecule has 1 saturated heterocycles. The molecule has 12 nitrogen and oxygen atoms in total. The van der Waals surface area contributed by atoms with Crippen molar-refractivity contribution in [3.05, 3.63) is 68.7 Å². The van der Waals surface area contributed by atoms with Crippen LogP contribution in [0.1, 0.15) is 43.9 Å². The van der Waals surface area contributed by atoms with E-state index in [4.69, 9.17) is 23.9 Å². The Morgan fingerprint density at radius 3 is 2.69 bits per heavy atom. The zero-order chi connectivity index (χ0) is 30.0. The Labute approximate surface area is 245 Å². The summed E-state index contributed by atoms with van der Waals surface area (Å²) in [7, 11) is 1.57. The first kappa shape index (κ1) is 29.2. The summed E-state index contributed by atoms with van der Waals surface area (Å²) in [6, 6.07) is 7.41. The van der Waals surface area contributed by atoms with Crippen molar-refractivity contribution < 1.29 is 23.4 Å². The quantitative estimate of drug-likeness (QED) is 0.227. The van der Waals surface area contributed by atoms with Gasteiger partial charge in [-0.15, -0.1) is 11.3 Å². The number of fused-ring (bicyclic) bond motifs is 1. The zero-order valence-electron chi connectivity index (χ0n) is 23.7. The van der Waals surface area contributed by atoms with Crippen LogP contribution in [0.25, 0.3) is 21.0 Å². The molecule has 1 aliphatic heterocycles. The number of benzene rings is 1. The summed E-state index contributed by atoms with van der Waals surface area (Å²) in [4.78, 5) is 46.5. The number of thiophene rings is 1. The van der Waals surface area contributed by atoms with Crippen molar-refractivity contribution >= 4 is 27.5 Å². The number of nitrogens with one attached hydrogen (secondary N) is 1. The lowest BCUT2D eigenvalue weighted by molar-refractivity contribution is -0.127. The molecule has 1 atom stereocenters. The SMILES string of the molecule is COc1ccccc1C(Cn1c(=O)n(C(C)(C)C(=O)NC#N)c(=O)c2c(C)c(-c3ncco3)sc21)OC1CCOCC1. The third-order valence-electron chi connectivity index (χ3n) is 7.48. The summed E-state index contributed by atoms with van der Waals surface area (Å²) in [5.74, 6) is 0.0965. The minimum absolute atomic E-state index is 0.00820. The van der Waals surface area contributed by atoms with E-state index in [1.807, 2.05) is 24.3 Å². The number of rotatable bonds is 9. The number of para-hydroxylation sites is 1. The second-order valence-corrected chi connectivity index (χ2v) is 11.4. The van der Waals surface area contributed by atoms with Crippen LogP contribution in [0, 0.1) is 18.4 Å². The fraction of sp³-hybridized carbons (Fsp3) is 0.414. The van der Waals surface area contributed by atoms with Gasteiger partial charge in [0.1, 0.15) is 28.5 Å². The van der Waals surface area contributed by atoms with Gasteiger partial charge < -0.3 is 18.6 Å². The molecular formula is C29H31N5O7S. The molecule has 1 fully saturated rings. The monoisotopic (exact) mass is 593 g/mol. The van der Waals surface area contributed by atoms with E-state index in [0.717, 1.165) is 10.1 Å². The van der Waals surface area contributed by atoms with Crippen LogP contribution in [-0.4, -0.2) is 46.5 Å². The first-order valence-electron chi connectivity index (χ1n) is 13.4. The molecule has 4 heterocycles. The zero-order valence-corrected chi connectivity index (χ0v) is 24.5. The molecule has 1 amide bonds. The van der Waals surface area contributed by atoms with Gasteiger partial charge in [-0.25, -0.2) is 14.3 Å². The number of hydrogen-bond acceptors (Lipinski definition) is 10. The molecule has 42 heavy (non-hydrogen) atoms. The Morgan fingerprint density at radius 2 is 2.02 bits per heavy atom. The van der Waals surface area contributed by atoms with Crippen molar-refractivity contribution in [1.82, 2.24) is 19.4 Å². The predicted octanol–water partition coefficient (Wildman–Crippen LogP) is 3.47. The van der Waals surface area contributed by atoms with Gasteiger partial charge in [-0.05, 0) is 45.2 Å². The van der Waals surface area contributed by atoms with Crippen LogP contribution < -0.4 is 21.3 Å². The van der Waals surface area contributed by atoms with Crippen molar-refractivity contribution in [2.45, 2.75) is 57.9 Å². The number of carbonyl (C=O) groups excluding carboxylic acids is 1. The van der Waals surface area contributed by atoms with Gasteiger partial charge in [-0.2, -0.15) is 5.26 Å². The van der Waals surface area contributed by atoms with Gasteiger partial charge in [0.2, 0.25) is 5.89 Å². The maximum atomic E-state index is 14.3. The highest BCUT2D eigenvalue weighted by Gasteiger charge is 2.36. The fourth-order valence-corrected chi connectivity index (χ4v) is 6.44. The summed E-state index contributed by atoms with van der Waals surface area (Å²) < 4.78 is 25.7. The first-order valence-corrected chi connectivity index (χ1v) is 14.3. The van der Waals surface area contributed by atoms with Gasteiger partial charge >= 0.3 is 5.69 Å². The molecule has 220 valence electrons. The molecular weight excluding hydrogens is 562 g/mol. The highest BCUT2D eigenvalue weighted by molar-refractivity contribution is 7.22. The molecule has 3 aromatic heterocycles. The number of nitrogens with zero attached hydrogens (tertiary/aromatic N) is 4. The van der Waals surface area contributed by atoms with Crippen LogP contribution in [0.2, 0.25) is 0 Å². The number of oxazole rings is 1. The standard InChI is InChI=1S/C29H31N5O7S/c1-17-22-25(35)34(29(2,3)27(36)32-16-30)28(37)33(26(22)42-23(17)24-31-11-14-40-24)15-21(41-18-9-12-39-13-10-18)19-7-5-6-8-20(19)38-4/h5-8,11,14,18,21H,9-10,12-13,15H2,1-4H3,(H,32,36). The molecule has 4 aromatic rings. The Bertz CT molecular complexity index is 1760. The fourth-order valence-electron chi connectivity index (χ4n) is 5.20. The van der Waals surface area contributed by atoms with Gasteiger partial charge in [0.15, 0.2) is 6.19 Å². The molecule has 0 saturated carbocycles. The van der Waals surface area contributed by atoms with Crippen LogP contribution in [0.3, 0.4) is 0 Å². The van der Waals surface area contributed by atoms with Gasteiger partial charge in [-0.3, -0.25) is 19.5 Å². The van der Waals surface area contributed by atoms with Crippen molar-refractivity contribution in [2.24, 2.45) is 0 Å². The van der Waals surface area contributed by atoms with Crippen LogP contribution >= 0.6 is 11.3 Å². The van der Waals surface area contributed by atoms with Crippen LogP contribution in [0.5, 0.6) is 5.75 Å². The number of carbonyl (C=O) groups is 1. The van der Waals surface area contributed by atoms with E-state index in [1.165, 1.54) is 42.2 Å². The smallest absolute Gasteiger partial charge is 0.333 e. The Morgan fingerprint density at radius 1 is 1.29 bits per heavy atom. The largest absolute Gasteiger partial charge is 0.496 e. The topological polar surface area (TPSA) is 151 Å². The summed E-state index contributed by atoms with van der Waals surface area (Å²) in [6.07, 6.45) is 5.11. The number of hydrogen-bond donors (Lipinski definition) is 1. The molecule has 0 spiro atoms. The summed E-state index contributed by atoms with van der Waals surface area (Å²) in [5, 5.41) is 11.4. The van der Waals surface area contributed by atoms with Crippen molar-refractivity contribution in [3.8, 4) is 22.7 Å². The Hall–Kier alpha value is -4.25. The Balaban J connectivity index is 1.76. The highest BCUT2D eigenvalue weighted by atomic mass is 32.1. The number of amides is 1. The van der Waals surface area contributed by atoms with Gasteiger partial charge in [0.05, 0.1) is 36.2 Å². The first-order chi connectivity index (χ1) is 20.2. The van der Waals surface area contributed by atoms with E-state index in [9.17, 15) is 14.4 Å². The lowest BCUT2D eigenvalue weighted by Crippen LogP contribution is -2.55. The minimum Gasteiger partial charge on any atom is -0.496 e. The minimum atomic E-state index is -1.70. The van der Waals surface area contributed by atoms with Gasteiger partial charge in [0, 0.05) is 18.8 Å². The van der Waals surface area contributed by atoms with Gasteiger partial charge in [-0.1, -0.05) is 18.2 Å². The third kappa shape index (κ3) is 5.24. The average molecular weight is 594 g/mol. The van der Waals surface area contributed by atoms with E-state index in [0.29, 0.717) is 53.0 Å². The molecule has 13 heteroatoms. The second kappa shape index (κ2) is 11.9. The predicted molar refractivity (Wildman–Crippen MR) is 154 cm³/mol. The molecule has 1 aromatic carbocycles. The number of methoxy groups -OCH3 is 1. The van der Waals surface area contributed by atoms with E-state index in [1.54, 1.807) is 20.2 Å². The van der Waals surface area contributed by atoms with Crippen molar-refractivity contribution in [3.63, 3.8) is 0 Å². The van der Waals surface area contributed by atoms with E-state index < -0.39 is 28.8 Å². The number of aryl methyl sites for hydroxylation is 1. The summed E-state index contributed by atoms with van der Waals surface area (Å²) in [6.45, 7) is 5.72. The lowest BCUT2D eigenvalue weighted by atomic mass is 10.0. The van der Waals surface area contributed by atoms with E-state index in [-0.39, 0.29) is 18.0 Å². The number of aromatic nitrogens is 3. The van der Waals surface area contributed by atoms with E-state index in [2.05, 4.69) is 10.3 Å². The average Bonchev–Trinajstić information content (AvgIpc) is 3.63. The van der Waals surface area contributed by atoms with Crippen LogP contribution in [-0.2, 0) is 26.4 Å². The number of nitriles is 1. The molecule has 1 N–H and O–H groups in total. The molecule has 1 unspecified atom stereocenters. The molecule has 0 aliphatic carbocycles. The molecule has 1 aliphatic rings. The number of ether oxygens (including phenoxy) is 3. The maximum absolute atomic E-state index is 14.3. The van der Waals surface area contributed by atoms with Crippen molar-refractivity contribution in [1.29, 1.82) is 5.26 Å². The molecule has 0 radical (unpaired) electrons. The highest BCUT2D eigenvalue weighted by Crippen LogP contribution is 2.37. The van der Waals surface area contributed by atoms with Crippen LogP contribution in [0.15, 0.2) is 50.7 Å². The second-order valence-electron chi connectivity index (χ2n) is 10.4. The third-order valence-corrected chi connectivity index (χ3v) is 8.79. The van der Waals surface area contributed by atoms with Crippen LogP contribution in [0.4, 0.5) is 0 Å². The van der Waals surface area contributed by atoms with E-state index >= 15 is 0 Å². The lowest BCUT2D eigenvalue weighted by Gasteiger charge is -2.30. The summed E-state index contributed by atoms with van der Waals surface area (Å²) in [5.41, 5.74) is -1.79. The summed E-state index contributed by atoms with van der Waals surface area (Å²) >= 11 is 1.20. The normalized spacial score (nSPS) is 14.9. The molecule has 0 bridgehead atoms. The Kier molecular flexibility index (Phi) is 8.31. The van der Waals surface area contributed by atoms with Gasteiger partial charge in [0.25, 0.3) is 11.5 Å². The molecule has 5 rings (SSSR count). The maximum Gasteiger partial charge on any atom is 0.333 e. The van der Waals surface area contributed by atoms with Crippen molar-refractivity contribution in [2.75, 3.05) is 20.3 Å².